The van der Waals surface area contributed by atoms with Gasteiger partial charge in [0, 0.05) is 26.2 Å². The number of carbonyl (C=O) groups excluding carboxylic acids is 2. The smallest absolute Gasteiger partial charge is 0.407 e. The Morgan fingerprint density at radius 2 is 2.04 bits per heavy atom. The van der Waals surface area contributed by atoms with Crippen LogP contribution in [0.3, 0.4) is 0 Å². The Bertz CT molecular complexity index is 723. The van der Waals surface area contributed by atoms with E-state index in [9.17, 15) is 14.4 Å². The summed E-state index contributed by atoms with van der Waals surface area (Å²) in [4.78, 5) is 45.3. The van der Waals surface area contributed by atoms with E-state index in [0.717, 1.165) is 10.6 Å². The van der Waals surface area contributed by atoms with Crippen LogP contribution in [0.1, 0.15) is 37.7 Å². The van der Waals surface area contributed by atoms with Gasteiger partial charge in [-0.25, -0.2) is 14.6 Å². The maximum absolute atomic E-state index is 12.7. The largest absolute Gasteiger partial charge is 0.465 e. The number of carbonyl (C=O) groups is 3. The fraction of sp³-hybridized carbons (Fsp3) is 0.647. The van der Waals surface area contributed by atoms with Crippen molar-refractivity contribution in [3.05, 3.63) is 17.7 Å². The van der Waals surface area contributed by atoms with Gasteiger partial charge in [0.05, 0.1) is 18.4 Å². The summed E-state index contributed by atoms with van der Waals surface area (Å²) in [6.07, 6.45) is 2.46. The molecule has 26 heavy (non-hydrogen) atoms. The fourth-order valence-electron chi connectivity index (χ4n) is 3.88. The summed E-state index contributed by atoms with van der Waals surface area (Å²) in [7, 11) is 1.43. The number of fused-ring (bicyclic) bond motifs is 1. The molecule has 1 fully saturated rings. The van der Waals surface area contributed by atoms with Crippen molar-refractivity contribution in [2.75, 3.05) is 20.1 Å². The monoisotopic (exact) mass is 363 g/mol. The number of hydrogen-bond acceptors (Lipinski definition) is 4. The Balaban J connectivity index is 1.60. The quantitative estimate of drug-likeness (QED) is 0.871. The number of piperidine rings is 1. The molecular weight excluding hydrogens is 338 g/mol. The van der Waals surface area contributed by atoms with E-state index in [0.29, 0.717) is 44.7 Å². The Hall–Kier alpha value is -2.58. The summed E-state index contributed by atoms with van der Waals surface area (Å²) in [6.45, 7) is 5.24. The number of likely N-dealkylation sites (N-methyl/N-ethyl adjacent to an activating group) is 1. The highest BCUT2D eigenvalue weighted by Gasteiger charge is 2.37. The number of likely N-dealkylation sites (tertiary alicyclic amines) is 1. The molecule has 1 aromatic rings. The Morgan fingerprint density at radius 1 is 1.38 bits per heavy atom. The molecule has 0 bridgehead atoms. The lowest BCUT2D eigenvalue weighted by molar-refractivity contribution is -0.137. The fourth-order valence-corrected chi connectivity index (χ4v) is 3.88. The number of aromatic nitrogens is 2. The SMILES string of the molecule is CCC(C(=O)N1CCC(N2Cc3cnc(C)n3C2=O)CC1)N(C)C(=O)O. The third-order valence-corrected chi connectivity index (χ3v) is 5.44. The number of imidazole rings is 1. The second kappa shape index (κ2) is 6.97. The number of amides is 3. The molecule has 0 saturated carbocycles. The van der Waals surface area contributed by atoms with E-state index in [1.54, 1.807) is 15.7 Å². The van der Waals surface area contributed by atoms with Crippen LogP contribution in [0, 0.1) is 6.92 Å². The molecule has 0 radical (unpaired) electrons. The molecule has 2 aliphatic rings. The summed E-state index contributed by atoms with van der Waals surface area (Å²) in [5.41, 5.74) is 0.903. The van der Waals surface area contributed by atoms with E-state index in [1.807, 2.05) is 18.7 Å². The predicted molar refractivity (Wildman–Crippen MR) is 92.8 cm³/mol. The number of rotatable bonds is 4. The molecule has 3 rings (SSSR count). The van der Waals surface area contributed by atoms with Crippen LogP contribution in [0.2, 0.25) is 0 Å². The van der Waals surface area contributed by atoms with E-state index in [-0.39, 0.29) is 18.0 Å². The first kappa shape index (κ1) is 18.2. The highest BCUT2D eigenvalue weighted by atomic mass is 16.4. The minimum atomic E-state index is -1.10. The predicted octanol–water partition coefficient (Wildman–Crippen LogP) is 1.35. The van der Waals surface area contributed by atoms with E-state index < -0.39 is 12.1 Å². The second-order valence-electron chi connectivity index (χ2n) is 6.92. The van der Waals surface area contributed by atoms with E-state index in [2.05, 4.69) is 4.98 Å². The zero-order valence-electron chi connectivity index (χ0n) is 15.4. The van der Waals surface area contributed by atoms with Crippen LogP contribution in [0.5, 0.6) is 0 Å². The van der Waals surface area contributed by atoms with Crippen molar-refractivity contribution < 1.29 is 19.5 Å². The lowest BCUT2D eigenvalue weighted by atomic mass is 10.0. The highest BCUT2D eigenvalue weighted by Crippen LogP contribution is 2.26. The zero-order valence-corrected chi connectivity index (χ0v) is 15.4. The third-order valence-electron chi connectivity index (χ3n) is 5.44. The number of hydrogen-bond donors (Lipinski definition) is 1. The average Bonchev–Trinajstić information content (AvgIpc) is 3.15. The number of carboxylic acid groups (broad SMARTS) is 1. The summed E-state index contributed by atoms with van der Waals surface area (Å²) in [6, 6.07) is -0.619. The first-order valence-electron chi connectivity index (χ1n) is 8.93. The topological polar surface area (TPSA) is 99.0 Å². The van der Waals surface area contributed by atoms with Gasteiger partial charge in [-0.3, -0.25) is 14.3 Å². The molecule has 1 atom stereocenters. The van der Waals surface area contributed by atoms with Crippen molar-refractivity contribution in [3.8, 4) is 0 Å². The van der Waals surface area contributed by atoms with Crippen molar-refractivity contribution in [1.29, 1.82) is 0 Å². The molecule has 0 spiro atoms. The minimum Gasteiger partial charge on any atom is -0.465 e. The summed E-state index contributed by atoms with van der Waals surface area (Å²) in [5.74, 6) is 0.539. The summed E-state index contributed by atoms with van der Waals surface area (Å²) >= 11 is 0. The van der Waals surface area contributed by atoms with Gasteiger partial charge in [0.1, 0.15) is 11.9 Å². The van der Waals surface area contributed by atoms with Gasteiger partial charge >= 0.3 is 12.1 Å². The van der Waals surface area contributed by atoms with Crippen molar-refractivity contribution >= 4 is 18.0 Å². The number of aryl methyl sites for hydroxylation is 1. The van der Waals surface area contributed by atoms with Gasteiger partial charge in [-0.05, 0) is 26.2 Å². The summed E-state index contributed by atoms with van der Waals surface area (Å²) in [5, 5.41) is 9.14. The van der Waals surface area contributed by atoms with Crippen LogP contribution >= 0.6 is 0 Å². The standard InChI is InChI=1S/C17H25N5O4/c1-4-14(19(3)17(25)26)15(23)20-7-5-12(6-8-20)21-10-13-9-18-11(2)22(13)16(21)24/h9,12,14H,4-8,10H2,1-3H3,(H,25,26). The van der Waals surface area contributed by atoms with Crippen LogP contribution in [0.25, 0.3) is 0 Å². The molecular formula is C17H25N5O4. The molecule has 3 amide bonds. The Kier molecular flexibility index (Phi) is 4.88. The summed E-state index contributed by atoms with van der Waals surface area (Å²) < 4.78 is 1.65. The van der Waals surface area contributed by atoms with Crippen LogP contribution in [-0.4, -0.2) is 79.6 Å². The Labute approximate surface area is 152 Å². The molecule has 0 aromatic carbocycles. The van der Waals surface area contributed by atoms with Gasteiger partial charge in [0.25, 0.3) is 0 Å². The van der Waals surface area contributed by atoms with Gasteiger partial charge in [0.2, 0.25) is 5.91 Å². The molecule has 9 nitrogen and oxygen atoms in total. The second-order valence-corrected chi connectivity index (χ2v) is 6.92. The molecule has 1 N–H and O–H groups in total. The molecule has 3 heterocycles. The molecule has 1 unspecified atom stereocenters. The maximum atomic E-state index is 12.7. The minimum absolute atomic E-state index is 0.0446. The zero-order chi connectivity index (χ0) is 19.0. The number of nitrogens with zero attached hydrogens (tertiary/aromatic N) is 5. The molecule has 2 aliphatic heterocycles. The first-order chi connectivity index (χ1) is 12.3. The van der Waals surface area contributed by atoms with Crippen LogP contribution < -0.4 is 0 Å². The van der Waals surface area contributed by atoms with E-state index >= 15 is 0 Å². The normalized spacial score (nSPS) is 18.8. The van der Waals surface area contributed by atoms with Crippen LogP contribution in [0.15, 0.2) is 6.20 Å². The van der Waals surface area contributed by atoms with Gasteiger partial charge in [-0.2, -0.15) is 0 Å². The van der Waals surface area contributed by atoms with Gasteiger partial charge in [-0.1, -0.05) is 6.92 Å². The molecule has 142 valence electrons. The van der Waals surface area contributed by atoms with Crippen molar-refractivity contribution in [2.45, 2.75) is 51.7 Å². The van der Waals surface area contributed by atoms with Gasteiger partial charge in [0.15, 0.2) is 0 Å². The van der Waals surface area contributed by atoms with Crippen molar-refractivity contribution in [3.63, 3.8) is 0 Å². The van der Waals surface area contributed by atoms with Gasteiger partial charge in [-0.15, -0.1) is 0 Å². The molecule has 9 heteroatoms. The molecule has 0 aliphatic carbocycles. The lowest BCUT2D eigenvalue weighted by Gasteiger charge is -2.38. The maximum Gasteiger partial charge on any atom is 0.407 e. The Morgan fingerprint density at radius 3 is 2.58 bits per heavy atom. The highest BCUT2D eigenvalue weighted by molar-refractivity contribution is 5.85. The van der Waals surface area contributed by atoms with E-state index in [4.69, 9.17) is 5.11 Å². The first-order valence-corrected chi connectivity index (χ1v) is 8.93. The van der Waals surface area contributed by atoms with Crippen LogP contribution in [0.4, 0.5) is 9.59 Å². The van der Waals surface area contributed by atoms with Crippen molar-refractivity contribution in [2.24, 2.45) is 0 Å². The van der Waals surface area contributed by atoms with Crippen molar-refractivity contribution in [1.82, 2.24) is 24.3 Å². The molecule has 1 saturated heterocycles. The average molecular weight is 363 g/mol. The van der Waals surface area contributed by atoms with E-state index in [1.165, 1.54) is 7.05 Å². The molecule has 1 aromatic heterocycles. The third kappa shape index (κ3) is 3.02. The van der Waals surface area contributed by atoms with Crippen LogP contribution in [-0.2, 0) is 11.3 Å². The lowest BCUT2D eigenvalue weighted by Crippen LogP contribution is -2.53. The van der Waals surface area contributed by atoms with Gasteiger partial charge < -0.3 is 14.9 Å².